The first-order valence-corrected chi connectivity index (χ1v) is 14.9. The minimum atomic E-state index is -1.48. The second-order valence-electron chi connectivity index (χ2n) is 11.8. The van der Waals surface area contributed by atoms with Crippen LogP contribution in [0.25, 0.3) is 0 Å². The van der Waals surface area contributed by atoms with Gasteiger partial charge in [-0.05, 0) is 26.3 Å². The molecule has 6 atom stereocenters. The van der Waals surface area contributed by atoms with E-state index in [2.05, 4.69) is 15.6 Å². The molecule has 1 saturated heterocycles. The summed E-state index contributed by atoms with van der Waals surface area (Å²) in [5.74, 6) is -3.25. The first-order chi connectivity index (χ1) is 22.5. The van der Waals surface area contributed by atoms with Crippen LogP contribution in [-0.4, -0.2) is 88.7 Å². The van der Waals surface area contributed by atoms with Gasteiger partial charge >= 0.3 is 29.7 Å². The largest absolute Gasteiger partial charge is 0.464 e. The van der Waals surface area contributed by atoms with Crippen molar-refractivity contribution in [2.75, 3.05) is 13.2 Å². The molecule has 1 aliphatic rings. The van der Waals surface area contributed by atoms with Gasteiger partial charge < -0.3 is 39.1 Å². The Balaban J connectivity index is 1.97. The van der Waals surface area contributed by atoms with Crippen LogP contribution in [0.3, 0.4) is 0 Å². The molecule has 3 rings (SSSR count). The molecule has 1 aromatic carbocycles. The number of carbonyl (C=O) groups excluding carboxylic acids is 5. The van der Waals surface area contributed by atoms with Gasteiger partial charge in [-0.25, -0.2) is 9.59 Å². The van der Waals surface area contributed by atoms with Crippen LogP contribution in [0.5, 0.6) is 0 Å². The molecular formula is C31H40N4O13. The lowest BCUT2D eigenvalue weighted by Gasteiger charge is -2.30. The highest BCUT2D eigenvalue weighted by molar-refractivity contribution is 5.86. The number of benzene rings is 1. The second-order valence-corrected chi connectivity index (χ2v) is 11.8. The van der Waals surface area contributed by atoms with Gasteiger partial charge in [0.2, 0.25) is 5.91 Å². The molecule has 2 heterocycles. The van der Waals surface area contributed by atoms with E-state index < -0.39 is 90.0 Å². The summed E-state index contributed by atoms with van der Waals surface area (Å²) in [6.45, 7) is 7.40. The number of nitrogens with zero attached hydrogens (tertiary/aromatic N) is 1. The van der Waals surface area contributed by atoms with Gasteiger partial charge in [-0.15, -0.1) is 0 Å². The number of aromatic amines is 1. The molecule has 17 heteroatoms. The summed E-state index contributed by atoms with van der Waals surface area (Å²) in [4.78, 5) is 89.3. The molecule has 0 unspecified atom stereocenters. The maximum atomic E-state index is 13.8. The molecule has 0 bridgehead atoms. The number of rotatable bonds is 13. The van der Waals surface area contributed by atoms with Crippen molar-refractivity contribution in [1.82, 2.24) is 20.2 Å². The fourth-order valence-corrected chi connectivity index (χ4v) is 4.69. The fourth-order valence-electron chi connectivity index (χ4n) is 4.69. The van der Waals surface area contributed by atoms with Crippen LogP contribution >= 0.6 is 0 Å². The zero-order chi connectivity index (χ0) is 35.6. The van der Waals surface area contributed by atoms with Crippen molar-refractivity contribution < 1.29 is 52.4 Å². The van der Waals surface area contributed by atoms with Crippen LogP contribution in [0.15, 0.2) is 52.2 Å². The summed E-state index contributed by atoms with van der Waals surface area (Å²) in [5, 5.41) is 5.10. The third-order valence-electron chi connectivity index (χ3n) is 6.55. The lowest BCUT2D eigenvalue weighted by atomic mass is 10.0. The molecule has 2 amide bonds. The summed E-state index contributed by atoms with van der Waals surface area (Å²) in [5.41, 5.74) is -1.76. The van der Waals surface area contributed by atoms with Crippen molar-refractivity contribution in [2.45, 2.75) is 90.4 Å². The van der Waals surface area contributed by atoms with Crippen LogP contribution in [0.1, 0.15) is 53.3 Å². The molecular weight excluding hydrogens is 636 g/mol. The smallest absolute Gasteiger partial charge is 0.408 e. The highest BCUT2D eigenvalue weighted by Crippen LogP contribution is 2.35. The standard InChI is InChI=1S/C31H40N4O13/c1-17(36)44-16-21(32-27(40)22(33-30(42)48-31(4,5)6)15-43-14-20-10-8-7-9-11-20)24-25(45-18(2)37)26(46-19(3)38)28(47-24)35-13-12-23(39)34-29(35)41/h7-13,21-22,24-26,28H,14-16H2,1-6H3,(H,32,40)(H,33,42)(H,34,39,41)/t21-,22-,24-,25-,26-,28-/m1/s1. The Bertz CT molecular complexity index is 1570. The number of ether oxygens (including phenoxy) is 6. The van der Waals surface area contributed by atoms with E-state index in [1.54, 1.807) is 32.9 Å². The first kappa shape index (κ1) is 37.4. The number of amides is 2. The summed E-state index contributed by atoms with van der Waals surface area (Å²) in [7, 11) is 0. The fraction of sp³-hybridized carbons (Fsp3) is 0.516. The van der Waals surface area contributed by atoms with Crippen molar-refractivity contribution in [1.29, 1.82) is 0 Å². The first-order valence-electron chi connectivity index (χ1n) is 14.9. The molecule has 262 valence electrons. The molecule has 0 radical (unpaired) electrons. The third-order valence-corrected chi connectivity index (χ3v) is 6.55. The lowest BCUT2D eigenvalue weighted by molar-refractivity contribution is -0.166. The van der Waals surface area contributed by atoms with E-state index in [4.69, 9.17) is 28.4 Å². The van der Waals surface area contributed by atoms with Crippen LogP contribution in [0.4, 0.5) is 4.79 Å². The number of esters is 3. The Morgan fingerprint density at radius 1 is 0.896 bits per heavy atom. The average molecular weight is 677 g/mol. The van der Waals surface area contributed by atoms with E-state index >= 15 is 0 Å². The van der Waals surface area contributed by atoms with Crippen LogP contribution in [0, 0.1) is 0 Å². The van der Waals surface area contributed by atoms with E-state index in [0.717, 1.165) is 43.2 Å². The molecule has 2 aromatic rings. The summed E-state index contributed by atoms with van der Waals surface area (Å²) >= 11 is 0. The average Bonchev–Trinajstić information content (AvgIpc) is 3.30. The molecule has 0 saturated carbocycles. The van der Waals surface area contributed by atoms with Crippen molar-refractivity contribution in [3.8, 4) is 0 Å². The van der Waals surface area contributed by atoms with E-state index in [1.165, 1.54) is 0 Å². The molecule has 1 fully saturated rings. The normalized spacial score (nSPS) is 20.1. The zero-order valence-electron chi connectivity index (χ0n) is 27.4. The van der Waals surface area contributed by atoms with Gasteiger partial charge in [0.25, 0.3) is 5.56 Å². The number of H-pyrrole nitrogens is 1. The zero-order valence-corrected chi connectivity index (χ0v) is 27.4. The van der Waals surface area contributed by atoms with Crippen LogP contribution < -0.4 is 21.9 Å². The van der Waals surface area contributed by atoms with Gasteiger partial charge in [0.1, 0.15) is 24.4 Å². The number of carbonyl (C=O) groups is 5. The minimum Gasteiger partial charge on any atom is -0.464 e. The van der Waals surface area contributed by atoms with Crippen LogP contribution in [-0.2, 0) is 54.2 Å². The second kappa shape index (κ2) is 16.7. The van der Waals surface area contributed by atoms with Gasteiger partial charge in [-0.1, -0.05) is 30.3 Å². The molecule has 0 aliphatic carbocycles. The summed E-state index contributed by atoms with van der Waals surface area (Å²) in [6.07, 6.45) is -5.68. The van der Waals surface area contributed by atoms with Crippen LogP contribution in [0.2, 0.25) is 0 Å². The number of nitrogens with one attached hydrogen (secondary N) is 3. The molecule has 48 heavy (non-hydrogen) atoms. The Kier molecular flexibility index (Phi) is 13.0. The highest BCUT2D eigenvalue weighted by Gasteiger charge is 2.54. The third kappa shape index (κ3) is 11.3. The molecule has 1 aromatic heterocycles. The number of hydrogen-bond donors (Lipinski definition) is 3. The van der Waals surface area contributed by atoms with E-state index in [1.807, 2.05) is 18.2 Å². The van der Waals surface area contributed by atoms with Gasteiger partial charge in [0.05, 0.1) is 19.3 Å². The monoisotopic (exact) mass is 676 g/mol. The molecule has 17 nitrogen and oxygen atoms in total. The van der Waals surface area contributed by atoms with Gasteiger partial charge in [0.15, 0.2) is 18.4 Å². The minimum absolute atomic E-state index is 0.0947. The predicted octanol–water partition coefficient (Wildman–Crippen LogP) is 0.455. The van der Waals surface area contributed by atoms with E-state index in [0.29, 0.717) is 0 Å². The van der Waals surface area contributed by atoms with E-state index in [-0.39, 0.29) is 13.2 Å². The Morgan fingerprint density at radius 2 is 1.54 bits per heavy atom. The van der Waals surface area contributed by atoms with Gasteiger partial charge in [-0.3, -0.25) is 33.5 Å². The van der Waals surface area contributed by atoms with Crippen molar-refractivity contribution >= 4 is 29.9 Å². The number of aromatic nitrogens is 2. The van der Waals surface area contributed by atoms with Crippen molar-refractivity contribution in [3.63, 3.8) is 0 Å². The highest BCUT2D eigenvalue weighted by atomic mass is 16.6. The van der Waals surface area contributed by atoms with Crippen molar-refractivity contribution in [2.24, 2.45) is 0 Å². The quantitative estimate of drug-likeness (QED) is 0.194. The summed E-state index contributed by atoms with van der Waals surface area (Å²) < 4.78 is 34.1. The Hall–Kier alpha value is -5.03. The Morgan fingerprint density at radius 3 is 2.12 bits per heavy atom. The maximum absolute atomic E-state index is 13.8. The number of alkyl carbamates (subject to hydrolysis) is 1. The van der Waals surface area contributed by atoms with Gasteiger partial charge in [0, 0.05) is 33.0 Å². The predicted molar refractivity (Wildman–Crippen MR) is 164 cm³/mol. The molecule has 0 spiro atoms. The van der Waals surface area contributed by atoms with Gasteiger partial charge in [-0.2, -0.15) is 0 Å². The van der Waals surface area contributed by atoms with Crippen molar-refractivity contribution in [3.05, 3.63) is 69.0 Å². The molecule has 1 aliphatic heterocycles. The molecule has 3 N–H and O–H groups in total. The SMILES string of the molecule is CC(=O)OC[C@@H](NC(=O)[C@@H](COCc1ccccc1)NC(=O)OC(C)(C)C)[C@H]1O[C@@H](n2ccc(=O)[nH]c2=O)[C@H](OC(C)=O)[C@@H]1OC(C)=O. The topological polar surface area (TPSA) is 220 Å². The maximum Gasteiger partial charge on any atom is 0.408 e. The Labute approximate surface area is 275 Å². The lowest BCUT2D eigenvalue weighted by Crippen LogP contribution is -2.58. The summed E-state index contributed by atoms with van der Waals surface area (Å²) in [6, 6.07) is 7.38. The number of hydrogen-bond acceptors (Lipinski definition) is 13. The van der Waals surface area contributed by atoms with E-state index in [9.17, 15) is 33.6 Å².